The van der Waals surface area contributed by atoms with Gasteiger partial charge in [0.25, 0.3) is 0 Å². The van der Waals surface area contributed by atoms with E-state index in [-0.39, 0.29) is 18.4 Å². The number of carbonyl (C=O) groups excluding carboxylic acids is 4. The zero-order chi connectivity index (χ0) is 28.5. The number of methoxy groups -OCH3 is 1. The highest BCUT2D eigenvalue weighted by Crippen LogP contribution is 2.33. The van der Waals surface area contributed by atoms with Crippen LogP contribution in [0.5, 0.6) is 11.5 Å². The third-order valence-electron chi connectivity index (χ3n) is 5.41. The summed E-state index contributed by atoms with van der Waals surface area (Å²) in [5, 5.41) is 0. The molecule has 202 valence electrons. The first-order valence-corrected chi connectivity index (χ1v) is 11.4. The fourth-order valence-corrected chi connectivity index (χ4v) is 3.32. The van der Waals surface area contributed by atoms with Crippen molar-refractivity contribution in [1.82, 2.24) is 0 Å². The second-order valence-corrected chi connectivity index (χ2v) is 8.33. The van der Waals surface area contributed by atoms with E-state index in [0.717, 1.165) is 41.8 Å². The van der Waals surface area contributed by atoms with Gasteiger partial charge in [-0.25, -0.2) is 0 Å². The maximum atomic E-state index is 12.9. The van der Waals surface area contributed by atoms with Crippen molar-refractivity contribution in [1.29, 1.82) is 0 Å². The summed E-state index contributed by atoms with van der Waals surface area (Å²) in [5.41, 5.74) is 2.96. The summed E-state index contributed by atoms with van der Waals surface area (Å²) < 4.78 is 51.6. The van der Waals surface area contributed by atoms with E-state index in [1.807, 2.05) is 32.0 Å². The number of halogens is 3. The van der Waals surface area contributed by atoms with E-state index >= 15 is 0 Å². The zero-order valence-electron chi connectivity index (χ0n) is 21.3. The highest BCUT2D eigenvalue weighted by Gasteiger charge is 2.33. The Morgan fingerprint density at radius 3 is 1.97 bits per heavy atom. The second-order valence-electron chi connectivity index (χ2n) is 8.33. The first kappa shape index (κ1) is 30.0. The van der Waals surface area contributed by atoms with Crippen LogP contribution in [0.1, 0.15) is 42.0 Å². The molecule has 0 aliphatic carbocycles. The Morgan fingerprint density at radius 1 is 0.868 bits per heavy atom. The lowest BCUT2D eigenvalue weighted by Gasteiger charge is -2.13. The summed E-state index contributed by atoms with van der Waals surface area (Å²) in [6.07, 6.45) is -0.339. The molecule has 10 heteroatoms. The summed E-state index contributed by atoms with van der Waals surface area (Å²) >= 11 is 0. The van der Waals surface area contributed by atoms with Gasteiger partial charge in [0.05, 0.1) is 13.0 Å². The number of hydrogen-bond acceptors (Lipinski definition) is 7. The number of benzene rings is 2. The summed E-state index contributed by atoms with van der Waals surface area (Å²) in [6.45, 7) is 4.89. The number of ether oxygens (including phenoxy) is 3. The number of allylic oxidation sites excluding steroid dienone is 2. The fourth-order valence-electron chi connectivity index (χ4n) is 3.32. The van der Waals surface area contributed by atoms with E-state index in [9.17, 15) is 32.3 Å². The van der Waals surface area contributed by atoms with Crippen LogP contribution in [0.25, 0.3) is 12.2 Å². The van der Waals surface area contributed by atoms with Gasteiger partial charge in [0.2, 0.25) is 0 Å². The summed E-state index contributed by atoms with van der Waals surface area (Å²) in [6, 6.07) is 8.91. The van der Waals surface area contributed by atoms with E-state index in [4.69, 9.17) is 4.74 Å². The number of aryl methyl sites for hydroxylation is 2. The van der Waals surface area contributed by atoms with Gasteiger partial charge in [0, 0.05) is 13.3 Å². The van der Waals surface area contributed by atoms with Crippen molar-refractivity contribution in [2.45, 2.75) is 40.0 Å². The van der Waals surface area contributed by atoms with Crippen molar-refractivity contribution in [3.63, 3.8) is 0 Å². The van der Waals surface area contributed by atoms with E-state index in [2.05, 4.69) is 9.47 Å². The molecule has 0 saturated heterocycles. The third kappa shape index (κ3) is 9.68. The highest BCUT2D eigenvalue weighted by atomic mass is 19.4. The van der Waals surface area contributed by atoms with E-state index in [0.29, 0.717) is 0 Å². The topological polar surface area (TPSA) is 96.0 Å². The van der Waals surface area contributed by atoms with Crippen LogP contribution in [0.3, 0.4) is 0 Å². The summed E-state index contributed by atoms with van der Waals surface area (Å²) in [4.78, 5) is 48.6. The average Bonchev–Trinajstić information content (AvgIpc) is 2.83. The van der Waals surface area contributed by atoms with Crippen molar-refractivity contribution < 1.29 is 46.6 Å². The molecule has 1 unspecified atom stereocenters. The number of esters is 2. The standard InChI is InChI=1S/C28H27F3O7/c1-17-5-6-20(15-18(17)2)7-11-23(33)22(10-14-27(35)36-4)24(34)12-8-21-9-13-25(37-19(3)32)26(16-21)38-28(29,30)31/h5-9,11-13,15-16,22H,10,14H2,1-4H3/b11-7+,12-8+. The van der Waals surface area contributed by atoms with Crippen molar-refractivity contribution in [2.75, 3.05) is 7.11 Å². The second kappa shape index (κ2) is 13.4. The molecule has 2 rings (SSSR count). The SMILES string of the molecule is COC(=O)CCC(C(=O)/C=C/c1ccc(C)c(C)c1)C(=O)/C=C/c1ccc(OC(C)=O)c(OC(F)(F)F)c1. The van der Waals surface area contributed by atoms with Crippen molar-refractivity contribution in [3.05, 3.63) is 70.8 Å². The minimum Gasteiger partial charge on any atom is -0.469 e. The lowest BCUT2D eigenvalue weighted by atomic mass is 9.92. The average molecular weight is 533 g/mol. The molecule has 0 aromatic heterocycles. The smallest absolute Gasteiger partial charge is 0.469 e. The van der Waals surface area contributed by atoms with Crippen LogP contribution < -0.4 is 9.47 Å². The molecule has 7 nitrogen and oxygen atoms in total. The molecular weight excluding hydrogens is 505 g/mol. The number of carbonyl (C=O) groups is 4. The molecule has 38 heavy (non-hydrogen) atoms. The highest BCUT2D eigenvalue weighted by molar-refractivity contribution is 6.13. The van der Waals surface area contributed by atoms with Crippen LogP contribution in [-0.2, 0) is 23.9 Å². The van der Waals surface area contributed by atoms with Crippen LogP contribution in [-0.4, -0.2) is 37.0 Å². The molecule has 0 bridgehead atoms. The number of rotatable bonds is 11. The Bertz CT molecular complexity index is 1260. The predicted molar refractivity (Wildman–Crippen MR) is 133 cm³/mol. The lowest BCUT2D eigenvalue weighted by Crippen LogP contribution is -2.22. The molecule has 0 amide bonds. The Hall–Kier alpha value is -4.21. The van der Waals surface area contributed by atoms with Gasteiger partial charge in [0.15, 0.2) is 23.1 Å². The number of alkyl halides is 3. The van der Waals surface area contributed by atoms with Crippen molar-refractivity contribution in [3.8, 4) is 11.5 Å². The molecule has 0 spiro atoms. The summed E-state index contributed by atoms with van der Waals surface area (Å²) in [5.74, 6) is -5.12. The molecule has 0 saturated carbocycles. The monoisotopic (exact) mass is 532 g/mol. The quantitative estimate of drug-likeness (QED) is 0.162. The molecule has 1 atom stereocenters. The van der Waals surface area contributed by atoms with Gasteiger partial charge in [-0.1, -0.05) is 36.4 Å². The first-order valence-electron chi connectivity index (χ1n) is 11.4. The normalized spacial score (nSPS) is 12.4. The predicted octanol–water partition coefficient (Wildman–Crippen LogP) is 5.56. The van der Waals surface area contributed by atoms with Crippen molar-refractivity contribution >= 4 is 35.7 Å². The van der Waals surface area contributed by atoms with Crippen molar-refractivity contribution in [2.24, 2.45) is 5.92 Å². The zero-order valence-corrected chi connectivity index (χ0v) is 21.3. The Kier molecular flexibility index (Phi) is 10.6. The van der Waals surface area contributed by atoms with Gasteiger partial charge in [-0.15, -0.1) is 13.2 Å². The molecular formula is C28H27F3O7. The van der Waals surface area contributed by atoms with Crippen LogP contribution in [0.15, 0.2) is 48.6 Å². The molecule has 0 N–H and O–H groups in total. The lowest BCUT2D eigenvalue weighted by molar-refractivity contribution is -0.275. The maximum Gasteiger partial charge on any atom is 0.573 e. The van der Waals surface area contributed by atoms with Gasteiger partial charge >= 0.3 is 18.3 Å². The molecule has 2 aromatic carbocycles. The van der Waals surface area contributed by atoms with Crippen LogP contribution in [0.4, 0.5) is 13.2 Å². The Balaban J connectivity index is 2.29. The van der Waals surface area contributed by atoms with Crippen LogP contribution >= 0.6 is 0 Å². The van der Waals surface area contributed by atoms with Gasteiger partial charge in [-0.05, 0) is 66.8 Å². The van der Waals surface area contributed by atoms with E-state index in [1.165, 1.54) is 25.3 Å². The minimum absolute atomic E-state index is 0.110. The van der Waals surface area contributed by atoms with Crippen LogP contribution in [0.2, 0.25) is 0 Å². The first-order chi connectivity index (χ1) is 17.8. The minimum atomic E-state index is -5.05. The number of hydrogen-bond donors (Lipinski definition) is 0. The largest absolute Gasteiger partial charge is 0.573 e. The van der Waals surface area contributed by atoms with Crippen LogP contribution in [0, 0.1) is 19.8 Å². The van der Waals surface area contributed by atoms with Gasteiger partial charge in [-0.2, -0.15) is 0 Å². The van der Waals surface area contributed by atoms with Gasteiger partial charge in [-0.3, -0.25) is 19.2 Å². The third-order valence-corrected chi connectivity index (χ3v) is 5.41. The fraction of sp³-hybridized carbons (Fsp3) is 0.286. The Morgan fingerprint density at radius 2 is 1.45 bits per heavy atom. The molecule has 0 aliphatic rings. The molecule has 0 aliphatic heterocycles. The van der Waals surface area contributed by atoms with E-state index in [1.54, 1.807) is 6.08 Å². The molecule has 0 radical (unpaired) electrons. The molecule has 0 heterocycles. The van der Waals surface area contributed by atoms with E-state index < -0.39 is 47.3 Å². The van der Waals surface area contributed by atoms with Gasteiger partial charge in [0.1, 0.15) is 0 Å². The summed E-state index contributed by atoms with van der Waals surface area (Å²) in [7, 11) is 1.18. The van der Waals surface area contributed by atoms with Gasteiger partial charge < -0.3 is 14.2 Å². The Labute approximate surface area is 217 Å². The number of ketones is 2. The molecule has 0 fully saturated rings. The molecule has 2 aromatic rings. The maximum absolute atomic E-state index is 12.9.